The van der Waals surface area contributed by atoms with Crippen LogP contribution < -0.4 is 10.5 Å². The molecule has 4 heteroatoms. The van der Waals surface area contributed by atoms with E-state index in [1.165, 1.54) is 0 Å². The van der Waals surface area contributed by atoms with E-state index in [-0.39, 0.29) is 12.5 Å². The molecule has 0 aromatic heterocycles. The molecule has 0 radical (unpaired) electrons. The van der Waals surface area contributed by atoms with Crippen LogP contribution in [0, 0.1) is 5.92 Å². The van der Waals surface area contributed by atoms with E-state index in [4.69, 9.17) is 27.8 Å². The number of aliphatic hydroxyl groups is 1. The van der Waals surface area contributed by atoms with Gasteiger partial charge in [0.15, 0.2) is 0 Å². The van der Waals surface area contributed by atoms with Crippen LogP contribution in [-0.2, 0) is 6.42 Å². The van der Waals surface area contributed by atoms with Gasteiger partial charge in [-0.3, -0.25) is 0 Å². The molecule has 0 saturated carbocycles. The summed E-state index contributed by atoms with van der Waals surface area (Å²) in [4.78, 5) is 0.488. The highest BCUT2D eigenvalue weighted by molar-refractivity contribution is 7.80. The van der Waals surface area contributed by atoms with Gasteiger partial charge in [0.2, 0.25) is 0 Å². The average molecular weight is 239 g/mol. The minimum atomic E-state index is 0.138. The third-order valence-electron chi connectivity index (χ3n) is 2.15. The van der Waals surface area contributed by atoms with Crippen LogP contribution in [0.25, 0.3) is 0 Å². The van der Waals surface area contributed by atoms with E-state index in [0.717, 1.165) is 11.3 Å². The van der Waals surface area contributed by atoms with Gasteiger partial charge in [0.1, 0.15) is 5.75 Å². The molecule has 0 bridgehead atoms. The first-order chi connectivity index (χ1) is 7.61. The highest BCUT2D eigenvalue weighted by Gasteiger charge is 2.01. The van der Waals surface area contributed by atoms with Crippen molar-refractivity contribution in [1.82, 2.24) is 0 Å². The standard InChI is InChI=1S/C12H17NO2S/c1-9(7-14)8-15-11-4-2-10(3-5-11)6-12(13)16/h2-5,9,14H,6-8H2,1H3,(H2,13,16). The molecule has 1 atom stereocenters. The lowest BCUT2D eigenvalue weighted by Crippen LogP contribution is -2.12. The van der Waals surface area contributed by atoms with E-state index < -0.39 is 0 Å². The van der Waals surface area contributed by atoms with E-state index in [2.05, 4.69) is 0 Å². The summed E-state index contributed by atoms with van der Waals surface area (Å²) in [7, 11) is 0. The lowest BCUT2D eigenvalue weighted by molar-refractivity contribution is 0.174. The van der Waals surface area contributed by atoms with Crippen LogP contribution >= 0.6 is 12.2 Å². The molecule has 1 unspecified atom stereocenters. The Morgan fingerprint density at radius 3 is 2.56 bits per heavy atom. The summed E-state index contributed by atoms with van der Waals surface area (Å²) < 4.78 is 5.49. The van der Waals surface area contributed by atoms with Crippen LogP contribution in [0.2, 0.25) is 0 Å². The average Bonchev–Trinajstić information content (AvgIpc) is 2.27. The van der Waals surface area contributed by atoms with Gasteiger partial charge in [0.05, 0.1) is 11.6 Å². The fourth-order valence-electron chi connectivity index (χ4n) is 1.20. The molecular weight excluding hydrogens is 222 g/mol. The van der Waals surface area contributed by atoms with Gasteiger partial charge in [0.25, 0.3) is 0 Å². The lowest BCUT2D eigenvalue weighted by atomic mass is 10.1. The molecule has 1 aromatic carbocycles. The quantitative estimate of drug-likeness (QED) is 0.739. The summed E-state index contributed by atoms with van der Waals surface area (Å²) in [6.45, 7) is 2.59. The molecule has 0 heterocycles. The molecule has 0 amide bonds. The van der Waals surface area contributed by atoms with Crippen LogP contribution in [0.5, 0.6) is 5.75 Å². The Hall–Kier alpha value is -1.13. The smallest absolute Gasteiger partial charge is 0.119 e. The second kappa shape index (κ2) is 6.45. The maximum Gasteiger partial charge on any atom is 0.119 e. The molecule has 0 aliphatic heterocycles. The SMILES string of the molecule is CC(CO)COc1ccc(CC(N)=S)cc1. The van der Waals surface area contributed by atoms with Crippen LogP contribution in [0.1, 0.15) is 12.5 Å². The number of rotatable bonds is 6. The van der Waals surface area contributed by atoms with Crippen LogP contribution in [0.15, 0.2) is 24.3 Å². The van der Waals surface area contributed by atoms with E-state index in [1.54, 1.807) is 0 Å². The number of thiocarbonyl (C=S) groups is 1. The number of hydrogen-bond donors (Lipinski definition) is 2. The third-order valence-corrected chi connectivity index (χ3v) is 2.29. The summed E-state index contributed by atoms with van der Waals surface area (Å²) in [6, 6.07) is 7.66. The molecular formula is C12H17NO2S. The molecule has 0 saturated heterocycles. The molecule has 0 aliphatic carbocycles. The third kappa shape index (κ3) is 4.59. The Morgan fingerprint density at radius 1 is 1.44 bits per heavy atom. The maximum atomic E-state index is 8.85. The maximum absolute atomic E-state index is 8.85. The zero-order valence-electron chi connectivity index (χ0n) is 9.35. The predicted octanol–water partition coefficient (Wildman–Crippen LogP) is 1.52. The van der Waals surface area contributed by atoms with Crippen molar-refractivity contribution in [3.05, 3.63) is 29.8 Å². The number of hydrogen-bond acceptors (Lipinski definition) is 3. The van der Waals surface area contributed by atoms with Crippen molar-refractivity contribution in [2.75, 3.05) is 13.2 Å². The molecule has 3 nitrogen and oxygen atoms in total. The van der Waals surface area contributed by atoms with Gasteiger partial charge in [-0.05, 0) is 17.7 Å². The Labute approximate surface area is 101 Å². The zero-order valence-corrected chi connectivity index (χ0v) is 10.2. The van der Waals surface area contributed by atoms with Gasteiger partial charge in [0, 0.05) is 18.9 Å². The summed E-state index contributed by atoms with van der Waals surface area (Å²) in [5, 5.41) is 8.85. The van der Waals surface area contributed by atoms with Crippen LogP contribution in [0.3, 0.4) is 0 Å². The lowest BCUT2D eigenvalue weighted by Gasteiger charge is -2.10. The first-order valence-electron chi connectivity index (χ1n) is 5.22. The van der Waals surface area contributed by atoms with Gasteiger partial charge < -0.3 is 15.6 Å². The van der Waals surface area contributed by atoms with Gasteiger partial charge in [-0.15, -0.1) is 0 Å². The molecule has 0 spiro atoms. The fraction of sp³-hybridized carbons (Fsp3) is 0.417. The largest absolute Gasteiger partial charge is 0.493 e. The second-order valence-electron chi connectivity index (χ2n) is 3.89. The Balaban J connectivity index is 2.48. The zero-order chi connectivity index (χ0) is 12.0. The molecule has 0 aliphatic rings. The van der Waals surface area contributed by atoms with Crippen LogP contribution in [-0.4, -0.2) is 23.3 Å². The summed E-state index contributed by atoms with van der Waals surface area (Å²) >= 11 is 4.83. The normalized spacial score (nSPS) is 12.1. The number of ether oxygens (including phenoxy) is 1. The Morgan fingerprint density at radius 2 is 2.06 bits per heavy atom. The van der Waals surface area contributed by atoms with Crippen molar-refractivity contribution >= 4 is 17.2 Å². The summed E-state index contributed by atoms with van der Waals surface area (Å²) in [6.07, 6.45) is 0.614. The first kappa shape index (κ1) is 12.9. The minimum absolute atomic E-state index is 0.138. The molecule has 1 aromatic rings. The topological polar surface area (TPSA) is 55.5 Å². The van der Waals surface area contributed by atoms with Crippen molar-refractivity contribution in [1.29, 1.82) is 0 Å². The monoisotopic (exact) mass is 239 g/mol. The summed E-state index contributed by atoms with van der Waals surface area (Å²) in [5.74, 6) is 0.947. The van der Waals surface area contributed by atoms with Crippen LogP contribution in [0.4, 0.5) is 0 Å². The van der Waals surface area contributed by atoms with Crippen molar-refractivity contribution in [3.8, 4) is 5.75 Å². The fourth-order valence-corrected chi connectivity index (χ4v) is 1.36. The number of benzene rings is 1. The van der Waals surface area contributed by atoms with E-state index >= 15 is 0 Å². The first-order valence-corrected chi connectivity index (χ1v) is 5.63. The number of aliphatic hydroxyl groups excluding tert-OH is 1. The van der Waals surface area contributed by atoms with Crippen molar-refractivity contribution in [2.45, 2.75) is 13.3 Å². The van der Waals surface area contributed by atoms with Gasteiger partial charge in [-0.2, -0.15) is 0 Å². The van der Waals surface area contributed by atoms with E-state index in [1.807, 2.05) is 31.2 Å². The Bertz CT molecular complexity index is 337. The van der Waals surface area contributed by atoms with Crippen molar-refractivity contribution in [3.63, 3.8) is 0 Å². The molecule has 3 N–H and O–H groups in total. The summed E-state index contributed by atoms with van der Waals surface area (Å²) in [5.41, 5.74) is 6.53. The molecule has 1 rings (SSSR count). The minimum Gasteiger partial charge on any atom is -0.493 e. The van der Waals surface area contributed by atoms with Gasteiger partial charge in [-0.25, -0.2) is 0 Å². The second-order valence-corrected chi connectivity index (χ2v) is 4.41. The van der Waals surface area contributed by atoms with Crippen molar-refractivity contribution in [2.24, 2.45) is 11.7 Å². The molecule has 0 fully saturated rings. The van der Waals surface area contributed by atoms with E-state index in [0.29, 0.717) is 18.0 Å². The predicted molar refractivity (Wildman–Crippen MR) is 68.7 cm³/mol. The highest BCUT2D eigenvalue weighted by Crippen LogP contribution is 2.13. The number of nitrogens with two attached hydrogens (primary N) is 1. The van der Waals surface area contributed by atoms with Gasteiger partial charge >= 0.3 is 0 Å². The molecule has 16 heavy (non-hydrogen) atoms. The van der Waals surface area contributed by atoms with E-state index in [9.17, 15) is 0 Å². The van der Waals surface area contributed by atoms with Gasteiger partial charge in [-0.1, -0.05) is 31.3 Å². The highest BCUT2D eigenvalue weighted by atomic mass is 32.1. The Kier molecular flexibility index (Phi) is 5.22. The van der Waals surface area contributed by atoms with Crippen molar-refractivity contribution < 1.29 is 9.84 Å². The molecule has 88 valence electrons.